The van der Waals surface area contributed by atoms with Crippen LogP contribution in [-0.4, -0.2) is 37.8 Å². The van der Waals surface area contributed by atoms with Crippen LogP contribution in [-0.2, 0) is 29.8 Å². The molecule has 0 aliphatic rings. The summed E-state index contributed by atoms with van der Waals surface area (Å²) in [4.78, 5) is 22.8. The Morgan fingerprint density at radius 1 is 0.519 bits per heavy atom. The van der Waals surface area contributed by atoms with Gasteiger partial charge in [-0.05, 0) is 65.7 Å². The van der Waals surface area contributed by atoms with Crippen molar-refractivity contribution in [3.63, 3.8) is 0 Å². The summed E-state index contributed by atoms with van der Waals surface area (Å²) in [6.45, 7) is 2.60. The Labute approximate surface area is 354 Å². The summed E-state index contributed by atoms with van der Waals surface area (Å²) in [5, 5.41) is 23.1. The van der Waals surface area contributed by atoms with Gasteiger partial charge in [0.05, 0.1) is 32.5 Å². The molecule has 0 radical (unpaired) electrons. The third-order valence-electron chi connectivity index (χ3n) is 7.72. The Hall–Kier alpha value is -4.20. The molecular weight excluding hydrogens is 755 g/mol. The molecule has 0 saturated heterocycles. The maximum absolute atomic E-state index is 12.1. The first-order chi connectivity index (χ1) is 24.7. The molecule has 18 heteroatoms. The second-order valence-corrected chi connectivity index (χ2v) is 14.1. The summed E-state index contributed by atoms with van der Waals surface area (Å²) in [6, 6.07) is 28.4. The zero-order valence-corrected chi connectivity index (χ0v) is 34.9. The number of azo groups is 2. The molecule has 2 amide bonds. The molecule has 0 heterocycles. The van der Waals surface area contributed by atoms with Crippen molar-refractivity contribution in [2.45, 2.75) is 23.6 Å². The number of anilines is 2. The van der Waals surface area contributed by atoms with E-state index in [0.29, 0.717) is 33.5 Å². The molecule has 0 aliphatic heterocycles. The summed E-state index contributed by atoms with van der Waals surface area (Å²) in [7, 11) is -9.65. The van der Waals surface area contributed by atoms with Gasteiger partial charge in [0.1, 0.15) is 25.9 Å². The van der Waals surface area contributed by atoms with Crippen LogP contribution in [0.3, 0.4) is 0 Å². The minimum atomic E-state index is -4.87. The summed E-state index contributed by atoms with van der Waals surface area (Å²) >= 11 is 0. The smallest absolute Gasteiger partial charge is 0.744 e. The molecule has 0 bridgehead atoms. The summed E-state index contributed by atoms with van der Waals surface area (Å²) in [6.07, 6.45) is 0. The molecule has 14 nitrogen and oxygen atoms in total. The Balaban J connectivity index is 0.00000325. The van der Waals surface area contributed by atoms with Crippen molar-refractivity contribution >= 4 is 87.7 Å². The minimum Gasteiger partial charge on any atom is -0.744 e. The van der Waals surface area contributed by atoms with Gasteiger partial charge in [-0.3, -0.25) is 9.59 Å². The molecule has 6 aromatic carbocycles. The van der Waals surface area contributed by atoms with Crippen LogP contribution in [0.1, 0.15) is 13.8 Å². The van der Waals surface area contributed by atoms with Gasteiger partial charge < -0.3 is 19.7 Å². The number of rotatable bonds is 9. The molecule has 0 saturated carbocycles. The first kappa shape index (κ1) is 42.5. The molecule has 6 rings (SSSR count). The van der Waals surface area contributed by atoms with Crippen LogP contribution in [0.4, 0.5) is 34.1 Å². The fraction of sp³-hybridized carbons (Fsp3) is 0.0556. The van der Waals surface area contributed by atoms with E-state index in [2.05, 4.69) is 31.1 Å². The zero-order valence-electron chi connectivity index (χ0n) is 29.3. The number of fused-ring (bicyclic) bond motifs is 2. The van der Waals surface area contributed by atoms with Crippen LogP contribution >= 0.6 is 0 Å². The van der Waals surface area contributed by atoms with Gasteiger partial charge in [0.15, 0.2) is 0 Å². The molecule has 0 fully saturated rings. The van der Waals surface area contributed by atoms with Crippen molar-refractivity contribution in [3.05, 3.63) is 109 Å². The number of carbonyl (C=O) groups excluding carboxylic acids is 2. The van der Waals surface area contributed by atoms with Crippen LogP contribution in [0, 0.1) is 0 Å². The van der Waals surface area contributed by atoms with Gasteiger partial charge in [0, 0.05) is 41.1 Å². The average molecular weight is 781 g/mol. The van der Waals surface area contributed by atoms with Gasteiger partial charge in [0.25, 0.3) is 0 Å². The van der Waals surface area contributed by atoms with Crippen molar-refractivity contribution in [1.29, 1.82) is 0 Å². The first-order valence-electron chi connectivity index (χ1n) is 15.3. The number of hydrogen-bond acceptors (Lipinski definition) is 12. The molecule has 0 aromatic heterocycles. The van der Waals surface area contributed by atoms with Gasteiger partial charge in [-0.1, -0.05) is 54.6 Å². The van der Waals surface area contributed by atoms with E-state index in [1.54, 1.807) is 54.6 Å². The van der Waals surface area contributed by atoms with Crippen molar-refractivity contribution in [2.24, 2.45) is 20.5 Å². The van der Waals surface area contributed by atoms with Crippen molar-refractivity contribution < 1.29 is 94.6 Å². The van der Waals surface area contributed by atoms with E-state index < -0.39 is 35.9 Å². The molecule has 0 spiro atoms. The van der Waals surface area contributed by atoms with Gasteiger partial charge in [-0.15, -0.1) is 5.11 Å². The first-order valence-corrected chi connectivity index (χ1v) is 18.1. The molecule has 0 atom stereocenters. The third-order valence-corrected chi connectivity index (χ3v) is 9.49. The van der Waals surface area contributed by atoms with Crippen LogP contribution in [0.15, 0.2) is 139 Å². The number of amides is 2. The van der Waals surface area contributed by atoms with Gasteiger partial charge in [0.2, 0.25) is 11.8 Å². The quantitative estimate of drug-likeness (QED) is 0.126. The van der Waals surface area contributed by atoms with E-state index >= 15 is 0 Å². The van der Waals surface area contributed by atoms with E-state index in [9.17, 15) is 35.5 Å². The maximum Gasteiger partial charge on any atom is 1.00 e. The number of carbonyl (C=O) groups is 2. The van der Waals surface area contributed by atoms with Crippen molar-refractivity contribution in [3.8, 4) is 11.1 Å². The number of nitrogens with one attached hydrogen (secondary N) is 2. The Bertz CT molecular complexity index is 2690. The van der Waals surface area contributed by atoms with E-state index in [1.807, 2.05) is 12.1 Å². The normalized spacial score (nSPS) is 11.7. The maximum atomic E-state index is 12.1. The van der Waals surface area contributed by atoms with Crippen LogP contribution in [0.25, 0.3) is 32.7 Å². The fourth-order valence-electron chi connectivity index (χ4n) is 5.48. The standard InChI is InChI=1S/C36H28N6O8S2.2Na/c1-21(43)37-32-17-18-34(51(45,46)47)29-16-15-27(19-31(29)32)41-39-25-11-7-23(8-12-25)24-9-13-26(14-10-24)40-42-33-20-35(52(48,49)50)28-5-3-4-6-30(28)36(33)38-22(2)44;;/h3-20H,1-2H3,(H,37,43)(H,38,44)(H,45,46,47)(H,48,49,50);;/q;2*+1/p-2. The van der Waals surface area contributed by atoms with Crippen LogP contribution < -0.4 is 69.7 Å². The van der Waals surface area contributed by atoms with Gasteiger partial charge >= 0.3 is 59.1 Å². The molecule has 2 N–H and O–H groups in total. The molecule has 262 valence electrons. The van der Waals surface area contributed by atoms with Crippen LogP contribution in [0.5, 0.6) is 0 Å². The van der Waals surface area contributed by atoms with E-state index in [-0.39, 0.29) is 87.2 Å². The average Bonchev–Trinajstić information content (AvgIpc) is 3.09. The Morgan fingerprint density at radius 3 is 1.54 bits per heavy atom. The van der Waals surface area contributed by atoms with Crippen molar-refractivity contribution in [1.82, 2.24) is 0 Å². The predicted molar refractivity (Wildman–Crippen MR) is 193 cm³/mol. The Morgan fingerprint density at radius 2 is 1.00 bits per heavy atom. The fourth-order valence-corrected chi connectivity index (χ4v) is 6.86. The summed E-state index contributed by atoms with van der Waals surface area (Å²) in [5.41, 5.74) is 3.48. The minimum absolute atomic E-state index is 0. The molecular formula is C36H26N6Na2O8S2. The summed E-state index contributed by atoms with van der Waals surface area (Å²) in [5.74, 6) is -0.796. The van der Waals surface area contributed by atoms with Gasteiger partial charge in [-0.2, -0.15) is 15.3 Å². The number of benzene rings is 6. The molecule has 54 heavy (non-hydrogen) atoms. The summed E-state index contributed by atoms with van der Waals surface area (Å²) < 4.78 is 71.5. The molecule has 6 aromatic rings. The van der Waals surface area contributed by atoms with E-state index in [1.165, 1.54) is 44.2 Å². The second kappa shape index (κ2) is 17.5. The third kappa shape index (κ3) is 9.91. The Kier molecular flexibility index (Phi) is 13.8. The number of hydrogen-bond donors (Lipinski definition) is 2. The van der Waals surface area contributed by atoms with Crippen LogP contribution in [0.2, 0.25) is 0 Å². The molecule has 0 unspecified atom stereocenters. The number of nitrogens with zero attached hydrogens (tertiary/aromatic N) is 4. The second-order valence-electron chi connectivity index (χ2n) is 11.4. The van der Waals surface area contributed by atoms with Crippen molar-refractivity contribution in [2.75, 3.05) is 10.6 Å². The predicted octanol–water partition coefficient (Wildman–Crippen LogP) is 2.22. The topological polar surface area (TPSA) is 222 Å². The SMILES string of the molecule is CC(=O)Nc1ccc(S(=O)(=O)[O-])c2ccc(N=Nc3ccc(-c4ccc(N=Nc5cc(S(=O)(=O)[O-])c6ccccc6c5NC(C)=O)cc4)cc3)cc12.[Na+].[Na+]. The van der Waals surface area contributed by atoms with E-state index in [4.69, 9.17) is 0 Å². The van der Waals surface area contributed by atoms with E-state index in [0.717, 1.165) is 23.3 Å². The monoisotopic (exact) mass is 780 g/mol. The zero-order chi connectivity index (χ0) is 37.2. The largest absolute Gasteiger partial charge is 1.00 e. The van der Waals surface area contributed by atoms with Gasteiger partial charge in [-0.25, -0.2) is 16.8 Å². The molecule has 0 aliphatic carbocycles.